The number of nitrogens with zero attached hydrogens (tertiary/aromatic N) is 1. The summed E-state index contributed by atoms with van der Waals surface area (Å²) in [6, 6.07) is 0. The summed E-state index contributed by atoms with van der Waals surface area (Å²) in [5.41, 5.74) is 0.408. The first kappa shape index (κ1) is 11.3. The topological polar surface area (TPSA) is 29.5 Å². The summed E-state index contributed by atoms with van der Waals surface area (Å²) in [6.45, 7) is 8.52. The van der Waals surface area contributed by atoms with E-state index in [2.05, 4.69) is 25.5 Å². The summed E-state index contributed by atoms with van der Waals surface area (Å²) < 4.78 is 4.63. The molecule has 3 nitrogen and oxygen atoms in total. The molecule has 1 saturated heterocycles. The summed E-state index contributed by atoms with van der Waals surface area (Å²) in [7, 11) is 1.44. The third-order valence-corrected chi connectivity index (χ3v) is 2.69. The molecule has 0 aliphatic carbocycles. The van der Waals surface area contributed by atoms with Crippen molar-refractivity contribution in [3.8, 4) is 0 Å². The maximum atomic E-state index is 11.0. The van der Waals surface area contributed by atoms with Gasteiger partial charge in [0.15, 0.2) is 0 Å². The Labute approximate surface area is 86.4 Å². The molecule has 0 aromatic heterocycles. The van der Waals surface area contributed by atoms with Gasteiger partial charge in [0, 0.05) is 13.1 Å². The van der Waals surface area contributed by atoms with Gasteiger partial charge in [-0.05, 0) is 24.2 Å². The number of hydrogen-bond donors (Lipinski definition) is 0. The van der Waals surface area contributed by atoms with E-state index < -0.39 is 0 Å². The van der Waals surface area contributed by atoms with Crippen molar-refractivity contribution in [2.45, 2.75) is 33.6 Å². The minimum absolute atomic E-state index is 0.183. The van der Waals surface area contributed by atoms with Gasteiger partial charge >= 0.3 is 6.09 Å². The molecule has 1 aliphatic rings. The van der Waals surface area contributed by atoms with Crippen LogP contribution in [0.25, 0.3) is 0 Å². The average Bonchev–Trinajstić information content (AvgIpc) is 1.98. The maximum absolute atomic E-state index is 11.0. The minimum atomic E-state index is -0.183. The van der Waals surface area contributed by atoms with Crippen LogP contribution in [0.15, 0.2) is 0 Å². The van der Waals surface area contributed by atoms with Crippen LogP contribution in [0.2, 0.25) is 0 Å². The van der Waals surface area contributed by atoms with E-state index in [-0.39, 0.29) is 6.09 Å². The van der Waals surface area contributed by atoms with E-state index in [9.17, 15) is 4.79 Å². The first-order valence-corrected chi connectivity index (χ1v) is 5.25. The summed E-state index contributed by atoms with van der Waals surface area (Å²) in [4.78, 5) is 12.8. The van der Waals surface area contributed by atoms with Crippen LogP contribution < -0.4 is 0 Å². The molecule has 3 heteroatoms. The molecule has 1 rings (SSSR count). The molecule has 0 unspecified atom stereocenters. The molecule has 1 heterocycles. The Hall–Kier alpha value is -0.730. The molecular weight excluding hydrogens is 178 g/mol. The predicted octanol–water partition coefficient (Wildman–Crippen LogP) is 2.51. The maximum Gasteiger partial charge on any atom is 0.409 e. The Morgan fingerprint density at radius 3 is 2.43 bits per heavy atom. The predicted molar refractivity (Wildman–Crippen MR) is 56.2 cm³/mol. The Kier molecular flexibility index (Phi) is 3.40. The monoisotopic (exact) mass is 199 g/mol. The summed E-state index contributed by atoms with van der Waals surface area (Å²) >= 11 is 0. The molecule has 1 fully saturated rings. The van der Waals surface area contributed by atoms with Gasteiger partial charge in [0.25, 0.3) is 0 Å². The molecule has 0 saturated carbocycles. The lowest BCUT2D eigenvalue weighted by Crippen LogP contribution is -2.50. The van der Waals surface area contributed by atoms with E-state index >= 15 is 0 Å². The van der Waals surface area contributed by atoms with E-state index in [1.54, 1.807) is 4.90 Å². The lowest BCUT2D eigenvalue weighted by atomic mass is 9.84. The first-order valence-electron chi connectivity index (χ1n) is 5.25. The van der Waals surface area contributed by atoms with Crippen LogP contribution in [-0.2, 0) is 4.74 Å². The Morgan fingerprint density at radius 2 is 2.00 bits per heavy atom. The van der Waals surface area contributed by atoms with Gasteiger partial charge in [0.1, 0.15) is 0 Å². The molecular formula is C11H21NO2. The largest absolute Gasteiger partial charge is 0.453 e. The van der Waals surface area contributed by atoms with Crippen molar-refractivity contribution in [3.05, 3.63) is 0 Å². The molecule has 0 atom stereocenters. The highest BCUT2D eigenvalue weighted by Gasteiger charge is 2.31. The molecule has 0 radical (unpaired) electrons. The second-order valence-electron chi connectivity index (χ2n) is 5.34. The minimum Gasteiger partial charge on any atom is -0.453 e. The first-order chi connectivity index (χ1) is 6.42. The highest BCUT2D eigenvalue weighted by molar-refractivity contribution is 5.68. The lowest BCUT2D eigenvalue weighted by Gasteiger charge is -2.39. The third kappa shape index (κ3) is 3.20. The average molecular weight is 199 g/mol. The van der Waals surface area contributed by atoms with Gasteiger partial charge in [-0.15, -0.1) is 0 Å². The fraction of sp³-hybridized carbons (Fsp3) is 0.909. The fourth-order valence-corrected chi connectivity index (χ4v) is 1.67. The van der Waals surface area contributed by atoms with Crippen molar-refractivity contribution < 1.29 is 9.53 Å². The Morgan fingerprint density at radius 1 is 1.43 bits per heavy atom. The molecule has 0 aromatic rings. The number of amides is 1. The van der Waals surface area contributed by atoms with E-state index in [0.29, 0.717) is 11.3 Å². The number of hydrogen-bond acceptors (Lipinski definition) is 2. The SMILES string of the molecule is COC(=O)N1CC(CCC(C)(C)C)C1. The Balaban J connectivity index is 2.13. The van der Waals surface area contributed by atoms with Gasteiger partial charge < -0.3 is 9.64 Å². The summed E-state index contributed by atoms with van der Waals surface area (Å²) in [6.07, 6.45) is 2.26. The Bertz CT molecular complexity index is 202. The number of methoxy groups -OCH3 is 1. The van der Waals surface area contributed by atoms with Gasteiger partial charge in [-0.2, -0.15) is 0 Å². The van der Waals surface area contributed by atoms with Crippen LogP contribution in [0.5, 0.6) is 0 Å². The normalized spacial score (nSPS) is 17.9. The van der Waals surface area contributed by atoms with Gasteiger partial charge in [-0.3, -0.25) is 0 Å². The van der Waals surface area contributed by atoms with E-state index in [0.717, 1.165) is 13.1 Å². The van der Waals surface area contributed by atoms with Gasteiger partial charge in [-0.25, -0.2) is 4.79 Å². The van der Waals surface area contributed by atoms with E-state index in [4.69, 9.17) is 0 Å². The second-order valence-corrected chi connectivity index (χ2v) is 5.34. The van der Waals surface area contributed by atoms with E-state index in [1.165, 1.54) is 20.0 Å². The van der Waals surface area contributed by atoms with Crippen molar-refractivity contribution in [3.63, 3.8) is 0 Å². The zero-order chi connectivity index (χ0) is 10.8. The summed E-state index contributed by atoms with van der Waals surface area (Å²) in [5.74, 6) is 0.688. The second kappa shape index (κ2) is 4.20. The van der Waals surface area contributed by atoms with Crippen molar-refractivity contribution in [2.75, 3.05) is 20.2 Å². The number of likely N-dealkylation sites (tertiary alicyclic amines) is 1. The highest BCUT2D eigenvalue weighted by atomic mass is 16.5. The molecule has 1 aliphatic heterocycles. The lowest BCUT2D eigenvalue weighted by molar-refractivity contribution is 0.0606. The zero-order valence-electron chi connectivity index (χ0n) is 9.67. The van der Waals surface area contributed by atoms with Crippen LogP contribution in [-0.4, -0.2) is 31.2 Å². The number of carbonyl (C=O) groups is 1. The smallest absolute Gasteiger partial charge is 0.409 e. The molecule has 82 valence electrons. The van der Waals surface area contributed by atoms with Crippen molar-refractivity contribution >= 4 is 6.09 Å². The van der Waals surface area contributed by atoms with Gasteiger partial charge in [0.05, 0.1) is 7.11 Å². The van der Waals surface area contributed by atoms with Crippen molar-refractivity contribution in [1.82, 2.24) is 4.90 Å². The third-order valence-electron chi connectivity index (χ3n) is 2.69. The van der Waals surface area contributed by atoms with Gasteiger partial charge in [-0.1, -0.05) is 20.8 Å². The molecule has 14 heavy (non-hydrogen) atoms. The molecule has 0 N–H and O–H groups in total. The van der Waals surface area contributed by atoms with Crippen LogP contribution in [0.3, 0.4) is 0 Å². The highest BCUT2D eigenvalue weighted by Crippen LogP contribution is 2.28. The van der Waals surface area contributed by atoms with Crippen LogP contribution in [0, 0.1) is 11.3 Å². The van der Waals surface area contributed by atoms with Gasteiger partial charge in [0.2, 0.25) is 0 Å². The molecule has 0 spiro atoms. The number of carbonyl (C=O) groups excluding carboxylic acids is 1. The van der Waals surface area contributed by atoms with Crippen LogP contribution >= 0.6 is 0 Å². The quantitative estimate of drug-likeness (QED) is 0.684. The molecule has 0 aromatic carbocycles. The zero-order valence-corrected chi connectivity index (χ0v) is 9.67. The van der Waals surface area contributed by atoms with Crippen molar-refractivity contribution in [1.29, 1.82) is 0 Å². The van der Waals surface area contributed by atoms with Crippen LogP contribution in [0.1, 0.15) is 33.6 Å². The standard InChI is InChI=1S/C11H21NO2/c1-11(2,3)6-5-9-7-12(8-9)10(13)14-4/h9H,5-8H2,1-4H3. The van der Waals surface area contributed by atoms with Crippen LogP contribution in [0.4, 0.5) is 4.79 Å². The molecule has 1 amide bonds. The number of rotatable bonds is 2. The number of ether oxygens (including phenoxy) is 1. The summed E-state index contributed by atoms with van der Waals surface area (Å²) in [5, 5.41) is 0. The molecule has 0 bridgehead atoms. The van der Waals surface area contributed by atoms with E-state index in [1.807, 2.05) is 0 Å². The fourth-order valence-electron chi connectivity index (χ4n) is 1.67. The van der Waals surface area contributed by atoms with Crippen molar-refractivity contribution in [2.24, 2.45) is 11.3 Å².